The van der Waals surface area contributed by atoms with Gasteiger partial charge in [0.25, 0.3) is 0 Å². The maximum atomic E-state index is 11.1. The molecule has 4 N–H and O–H groups in total. The predicted octanol–water partition coefficient (Wildman–Crippen LogP) is 8.83. The van der Waals surface area contributed by atoms with Crippen LogP contribution in [0.5, 0.6) is 23.0 Å². The fourth-order valence-corrected chi connectivity index (χ4v) is 7.32. The molecule has 2 aromatic carbocycles. The molecular formula is C44H65ClN2O7. The molecule has 2 aromatic rings. The average Bonchev–Trinajstić information content (AvgIpc) is 3.14. The van der Waals surface area contributed by atoms with E-state index in [2.05, 4.69) is 37.4 Å². The lowest BCUT2D eigenvalue weighted by Gasteiger charge is -2.47. The number of nitrogens with one attached hydrogen (secondary N) is 1. The maximum Gasteiger partial charge on any atom is 0.164 e. The highest BCUT2D eigenvalue weighted by atomic mass is 35.5. The van der Waals surface area contributed by atoms with Crippen LogP contribution in [0.2, 0.25) is 0 Å². The Morgan fingerprint density at radius 1 is 0.944 bits per heavy atom. The Bertz CT molecular complexity index is 1540. The molecule has 1 aliphatic heterocycles. The van der Waals surface area contributed by atoms with E-state index >= 15 is 0 Å². The lowest BCUT2D eigenvalue weighted by atomic mass is 9.64. The molecule has 54 heavy (non-hydrogen) atoms. The third-order valence-corrected chi connectivity index (χ3v) is 10.5. The number of rotatable bonds is 24. The van der Waals surface area contributed by atoms with Gasteiger partial charge >= 0.3 is 0 Å². The zero-order valence-corrected chi connectivity index (χ0v) is 34.1. The van der Waals surface area contributed by atoms with E-state index in [1.54, 1.807) is 19.4 Å². The number of aromatic hydroxyl groups is 1. The van der Waals surface area contributed by atoms with Gasteiger partial charge in [-0.15, -0.1) is 11.6 Å². The van der Waals surface area contributed by atoms with Crippen molar-refractivity contribution in [1.82, 2.24) is 5.32 Å². The van der Waals surface area contributed by atoms with Crippen molar-refractivity contribution in [3.8, 4) is 23.0 Å². The summed E-state index contributed by atoms with van der Waals surface area (Å²) in [6, 6.07) is 7.99. The Kier molecular flexibility index (Phi) is 18.4. The summed E-state index contributed by atoms with van der Waals surface area (Å²) in [6.07, 6.45) is 17.6. The lowest BCUT2D eigenvalue weighted by molar-refractivity contribution is -0.00708. The number of halogens is 1. The van der Waals surface area contributed by atoms with E-state index < -0.39 is 0 Å². The number of allylic oxidation sites excluding steroid dienone is 2. The van der Waals surface area contributed by atoms with Gasteiger partial charge in [-0.05, 0) is 105 Å². The van der Waals surface area contributed by atoms with Gasteiger partial charge in [-0.2, -0.15) is 0 Å². The van der Waals surface area contributed by atoms with Gasteiger partial charge in [0.05, 0.1) is 45.8 Å². The SMILES string of the molecule is COc1cc(/C=C/c2cc(O)c(CC=C(C)C)c(OCCOC/C(N)=C/NCCOCCOCCCCCCCl)c2)cc2c1OC1CCCC(C)(C)C1C2. The summed E-state index contributed by atoms with van der Waals surface area (Å²) in [5.41, 5.74) is 11.9. The number of phenolic OH excluding ortho intramolecular Hbond substituents is 1. The molecule has 2 atom stereocenters. The van der Waals surface area contributed by atoms with Crippen LogP contribution in [-0.4, -0.2) is 77.0 Å². The lowest BCUT2D eigenvalue weighted by Crippen LogP contribution is -2.45. The molecular weight excluding hydrogens is 704 g/mol. The van der Waals surface area contributed by atoms with Gasteiger partial charge in [-0.3, -0.25) is 0 Å². The molecule has 0 saturated heterocycles. The molecule has 0 radical (unpaired) electrons. The van der Waals surface area contributed by atoms with Gasteiger partial charge in [0.1, 0.15) is 24.2 Å². The van der Waals surface area contributed by atoms with Gasteiger partial charge in [0.2, 0.25) is 0 Å². The van der Waals surface area contributed by atoms with Crippen LogP contribution in [0, 0.1) is 11.3 Å². The molecule has 1 saturated carbocycles. The summed E-state index contributed by atoms with van der Waals surface area (Å²) in [4.78, 5) is 0. The van der Waals surface area contributed by atoms with E-state index in [1.165, 1.54) is 18.4 Å². The minimum absolute atomic E-state index is 0.191. The number of unbranched alkanes of at least 4 members (excludes halogenated alkanes) is 3. The van der Waals surface area contributed by atoms with Crippen LogP contribution in [0.15, 0.2) is 47.8 Å². The molecule has 300 valence electrons. The van der Waals surface area contributed by atoms with E-state index in [9.17, 15) is 5.11 Å². The first-order valence-electron chi connectivity index (χ1n) is 19.8. The molecule has 9 nitrogen and oxygen atoms in total. The predicted molar refractivity (Wildman–Crippen MR) is 220 cm³/mol. The molecule has 1 aliphatic carbocycles. The highest BCUT2D eigenvalue weighted by Gasteiger charge is 2.43. The third-order valence-electron chi connectivity index (χ3n) is 10.2. The number of benzene rings is 2. The highest BCUT2D eigenvalue weighted by Crippen LogP contribution is 2.50. The summed E-state index contributed by atoms with van der Waals surface area (Å²) in [6.45, 7) is 12.9. The Balaban J connectivity index is 1.26. The van der Waals surface area contributed by atoms with E-state index in [0.29, 0.717) is 63.4 Å². The minimum atomic E-state index is 0.191. The van der Waals surface area contributed by atoms with Crippen molar-refractivity contribution in [1.29, 1.82) is 0 Å². The molecule has 4 rings (SSSR count). The third kappa shape index (κ3) is 14.0. The van der Waals surface area contributed by atoms with Gasteiger partial charge in [0, 0.05) is 36.7 Å². The van der Waals surface area contributed by atoms with E-state index in [0.717, 1.165) is 84.8 Å². The fourth-order valence-electron chi connectivity index (χ4n) is 7.13. The second-order valence-corrected chi connectivity index (χ2v) is 15.7. The van der Waals surface area contributed by atoms with Crippen LogP contribution >= 0.6 is 11.6 Å². The first-order valence-corrected chi connectivity index (χ1v) is 20.3. The van der Waals surface area contributed by atoms with E-state index in [-0.39, 0.29) is 23.9 Å². The van der Waals surface area contributed by atoms with Crippen molar-refractivity contribution in [3.63, 3.8) is 0 Å². The first kappa shape index (κ1) is 43.4. The Morgan fingerprint density at radius 2 is 1.67 bits per heavy atom. The van der Waals surface area contributed by atoms with Crippen molar-refractivity contribution >= 4 is 23.8 Å². The molecule has 0 aromatic heterocycles. The average molecular weight is 769 g/mol. The molecule has 2 unspecified atom stereocenters. The van der Waals surface area contributed by atoms with Crippen LogP contribution in [0.3, 0.4) is 0 Å². The number of nitrogens with two attached hydrogens (primary N) is 1. The molecule has 0 spiro atoms. The molecule has 1 fully saturated rings. The first-order chi connectivity index (χ1) is 26.1. The minimum Gasteiger partial charge on any atom is -0.507 e. The second-order valence-electron chi connectivity index (χ2n) is 15.3. The number of alkyl halides is 1. The van der Waals surface area contributed by atoms with Gasteiger partial charge in [-0.25, -0.2) is 0 Å². The standard InChI is InChI=1S/C44H65ClN2O7/c1-32(2)12-15-37-39(48)26-34(14-13-33-25-35-29-38-40(11-10-16-44(38,3)4)54-43(35)42(28-33)49-5)27-41(37)53-24-23-52-31-36(46)30-47-18-20-51-22-21-50-19-9-7-6-8-17-45/h12-14,25-28,30,38,40,47-48H,6-11,15-24,29,31,46H2,1-5H3/b14-13+,36-30-. The number of hydrogen-bond donors (Lipinski definition) is 3. The monoisotopic (exact) mass is 768 g/mol. The van der Waals surface area contributed by atoms with E-state index in [4.69, 9.17) is 45.8 Å². The van der Waals surface area contributed by atoms with Gasteiger partial charge < -0.3 is 44.6 Å². The van der Waals surface area contributed by atoms with Crippen molar-refractivity contribution < 1.29 is 33.5 Å². The second kappa shape index (κ2) is 22.9. The van der Waals surface area contributed by atoms with Crippen molar-refractivity contribution in [2.45, 2.75) is 91.6 Å². The largest absolute Gasteiger partial charge is 0.507 e. The van der Waals surface area contributed by atoms with Crippen LogP contribution in [0.4, 0.5) is 0 Å². The summed E-state index contributed by atoms with van der Waals surface area (Å²) in [5, 5.41) is 14.3. The number of hydrogen-bond acceptors (Lipinski definition) is 9. The van der Waals surface area contributed by atoms with Crippen LogP contribution < -0.4 is 25.3 Å². The van der Waals surface area contributed by atoms with Crippen LogP contribution in [0.25, 0.3) is 12.2 Å². The smallest absolute Gasteiger partial charge is 0.164 e. The molecule has 1 heterocycles. The fraction of sp³-hybridized carbons (Fsp3) is 0.591. The molecule has 2 aliphatic rings. The topological polar surface area (TPSA) is 114 Å². The summed E-state index contributed by atoms with van der Waals surface area (Å²) >= 11 is 5.70. The van der Waals surface area contributed by atoms with Crippen LogP contribution in [-0.2, 0) is 27.1 Å². The summed E-state index contributed by atoms with van der Waals surface area (Å²) in [5.74, 6) is 3.66. The maximum absolute atomic E-state index is 11.1. The zero-order chi connectivity index (χ0) is 38.8. The van der Waals surface area contributed by atoms with Crippen molar-refractivity contribution in [2.75, 3.05) is 65.8 Å². The molecule has 0 bridgehead atoms. The molecule has 10 heteroatoms. The van der Waals surface area contributed by atoms with Gasteiger partial charge in [0.15, 0.2) is 11.5 Å². The number of methoxy groups -OCH3 is 1. The Hall–Kier alpha value is -3.37. The van der Waals surface area contributed by atoms with Crippen molar-refractivity contribution in [2.24, 2.45) is 17.1 Å². The zero-order valence-electron chi connectivity index (χ0n) is 33.4. The summed E-state index contributed by atoms with van der Waals surface area (Å²) in [7, 11) is 1.70. The Morgan fingerprint density at radius 3 is 2.43 bits per heavy atom. The van der Waals surface area contributed by atoms with E-state index in [1.807, 2.05) is 32.1 Å². The Labute approximate surface area is 329 Å². The van der Waals surface area contributed by atoms with Gasteiger partial charge in [-0.1, -0.05) is 50.5 Å². The number of phenols is 1. The van der Waals surface area contributed by atoms with Crippen molar-refractivity contribution in [3.05, 3.63) is 70.1 Å². The number of ether oxygens (including phenoxy) is 6. The highest BCUT2D eigenvalue weighted by molar-refractivity contribution is 6.17. The normalized spacial score (nSPS) is 17.8. The summed E-state index contributed by atoms with van der Waals surface area (Å²) < 4.78 is 35.6. The van der Waals surface area contributed by atoms with Crippen LogP contribution in [0.1, 0.15) is 94.9 Å². The quantitative estimate of drug-likeness (QED) is 0.0417. The molecule has 0 amide bonds. The number of fused-ring (bicyclic) bond motifs is 2.